The second-order valence-electron chi connectivity index (χ2n) is 1.46. The summed E-state index contributed by atoms with van der Waals surface area (Å²) in [7, 11) is 0. The smallest absolute Gasteiger partial charge is 0.194 e. The maximum absolute atomic E-state index is 11.4. The molecule has 0 amide bonds. The van der Waals surface area contributed by atoms with Gasteiger partial charge in [0.2, 0.25) is 0 Å². The third kappa shape index (κ3) is 8.00. The van der Waals surface area contributed by atoms with E-state index in [1.807, 2.05) is 0 Å². The molecule has 0 unspecified atom stereocenters. The lowest BCUT2D eigenvalue weighted by molar-refractivity contribution is -0.165. The van der Waals surface area contributed by atoms with Crippen LogP contribution < -0.4 is 0 Å². The molecular formula is C3H3F5S. The topological polar surface area (TPSA) is 0 Å². The number of hydrogen-bond acceptors (Lipinski definition) is 1. The lowest BCUT2D eigenvalue weighted by atomic mass is 10.4. The molecule has 0 spiro atoms. The van der Waals surface area contributed by atoms with Crippen molar-refractivity contribution in [3.8, 4) is 0 Å². The van der Waals surface area contributed by atoms with Crippen molar-refractivity contribution in [3.63, 3.8) is 0 Å². The summed E-state index contributed by atoms with van der Waals surface area (Å²) in [6, 6.07) is 0. The highest BCUT2D eigenvalue weighted by atomic mass is 32.1. The van der Waals surface area contributed by atoms with E-state index < -0.39 is 17.9 Å². The average molecular weight is 166 g/mol. The minimum Gasteiger partial charge on any atom is -0.194 e. The first kappa shape index (κ1) is 9.00. The minimum absolute atomic E-state index is 2.18. The molecule has 0 nitrogen and oxygen atoms in total. The van der Waals surface area contributed by atoms with Gasteiger partial charge in [0, 0.05) is 0 Å². The highest BCUT2D eigenvalue weighted by molar-refractivity contribution is 7.81. The van der Waals surface area contributed by atoms with Crippen LogP contribution in [0.2, 0.25) is 0 Å². The predicted octanol–water partition coefficient (Wildman–Crippen LogP) is 2.46. The molecule has 9 heavy (non-hydrogen) atoms. The highest BCUT2D eigenvalue weighted by Gasteiger charge is 2.40. The maximum Gasteiger partial charge on any atom is 0.395 e. The molecule has 0 aromatic rings. The number of rotatable bonds is 1. The third-order valence-electron chi connectivity index (χ3n) is 0.413. The highest BCUT2D eigenvalue weighted by Crippen LogP contribution is 2.33. The Labute approximate surface area is 53.5 Å². The Morgan fingerprint density at radius 3 is 1.33 bits per heavy atom. The van der Waals surface area contributed by atoms with Gasteiger partial charge in [-0.05, 0) is 0 Å². The van der Waals surface area contributed by atoms with Crippen molar-refractivity contribution in [2.24, 2.45) is 0 Å². The van der Waals surface area contributed by atoms with Crippen LogP contribution in [0.25, 0.3) is 0 Å². The summed E-state index contributed by atoms with van der Waals surface area (Å²) in [5.74, 6) is 0. The molecule has 0 saturated heterocycles. The van der Waals surface area contributed by atoms with Gasteiger partial charge in [0.25, 0.3) is 5.25 Å². The molecule has 0 rings (SSSR count). The first-order valence-electron chi connectivity index (χ1n) is 1.88. The molecule has 0 bridgehead atoms. The van der Waals surface area contributed by atoms with Crippen LogP contribution in [0.5, 0.6) is 0 Å². The molecule has 6 heteroatoms. The van der Waals surface area contributed by atoms with E-state index in [2.05, 4.69) is 12.6 Å². The van der Waals surface area contributed by atoms with E-state index in [-0.39, 0.29) is 0 Å². The summed E-state index contributed by atoms with van der Waals surface area (Å²) in [5.41, 5.74) is 0. The van der Waals surface area contributed by atoms with Gasteiger partial charge in [0.15, 0.2) is 0 Å². The van der Waals surface area contributed by atoms with Crippen molar-refractivity contribution < 1.29 is 22.0 Å². The average Bonchev–Trinajstić information content (AvgIpc) is 1.14. The fourth-order valence-electron chi connectivity index (χ4n) is 0.241. The van der Waals surface area contributed by atoms with Crippen LogP contribution in [-0.4, -0.2) is 11.4 Å². The summed E-state index contributed by atoms with van der Waals surface area (Å²) in [4.78, 5) is 0. The zero-order valence-corrected chi connectivity index (χ0v) is 4.94. The van der Waals surface area contributed by atoms with E-state index >= 15 is 0 Å². The summed E-state index contributed by atoms with van der Waals surface area (Å²) >= 11 is 2.39. The molecule has 0 heterocycles. The Bertz CT molecular complexity index is 77.4. The lowest BCUT2D eigenvalue weighted by Crippen LogP contribution is -2.19. The molecular weight excluding hydrogens is 163 g/mol. The van der Waals surface area contributed by atoms with Gasteiger partial charge in [-0.1, -0.05) is 0 Å². The van der Waals surface area contributed by atoms with Gasteiger partial charge in [0.1, 0.15) is 6.42 Å². The van der Waals surface area contributed by atoms with Gasteiger partial charge >= 0.3 is 6.18 Å². The van der Waals surface area contributed by atoms with E-state index in [4.69, 9.17) is 0 Å². The predicted molar refractivity (Wildman–Crippen MR) is 24.6 cm³/mol. The van der Waals surface area contributed by atoms with E-state index in [0.717, 1.165) is 0 Å². The van der Waals surface area contributed by atoms with Gasteiger partial charge in [0.05, 0.1) is 0 Å². The summed E-state index contributed by atoms with van der Waals surface area (Å²) in [6.45, 7) is 0. The second-order valence-corrected chi connectivity index (χ2v) is 2.11. The van der Waals surface area contributed by atoms with Crippen LogP contribution in [0, 0.1) is 0 Å². The van der Waals surface area contributed by atoms with Crippen molar-refractivity contribution in [3.05, 3.63) is 0 Å². The number of thiol groups is 1. The van der Waals surface area contributed by atoms with Crippen molar-refractivity contribution in [1.29, 1.82) is 0 Å². The Hall–Kier alpha value is -0.0000000000000000555. The molecule has 0 radical (unpaired) electrons. The number of hydrogen-bond donors (Lipinski definition) is 1. The molecule has 0 N–H and O–H groups in total. The molecule has 0 aliphatic carbocycles. The molecule has 0 aliphatic heterocycles. The molecule has 0 saturated carbocycles. The van der Waals surface area contributed by atoms with Crippen LogP contribution in [0.4, 0.5) is 22.0 Å². The Morgan fingerprint density at radius 1 is 1.00 bits per heavy atom. The van der Waals surface area contributed by atoms with Crippen LogP contribution >= 0.6 is 12.6 Å². The van der Waals surface area contributed by atoms with Crippen LogP contribution in [0.1, 0.15) is 6.42 Å². The van der Waals surface area contributed by atoms with Crippen molar-refractivity contribution in [2.45, 2.75) is 17.9 Å². The first-order chi connectivity index (χ1) is 3.71. The number of halogens is 5. The van der Waals surface area contributed by atoms with E-state index in [0.29, 0.717) is 0 Å². The van der Waals surface area contributed by atoms with Crippen LogP contribution in [0.15, 0.2) is 0 Å². The molecule has 0 aromatic carbocycles. The maximum atomic E-state index is 11.4. The molecule has 0 aliphatic rings. The van der Waals surface area contributed by atoms with Crippen LogP contribution in [-0.2, 0) is 0 Å². The summed E-state index contributed by atoms with van der Waals surface area (Å²) < 4.78 is 55.8. The van der Waals surface area contributed by atoms with Gasteiger partial charge in [-0.25, -0.2) is 0 Å². The fourth-order valence-corrected chi connectivity index (χ4v) is 0.420. The van der Waals surface area contributed by atoms with Gasteiger partial charge in [-0.3, -0.25) is 0 Å². The zero-order chi connectivity index (χ0) is 7.71. The minimum atomic E-state index is -4.84. The monoisotopic (exact) mass is 166 g/mol. The largest absolute Gasteiger partial charge is 0.395 e. The second kappa shape index (κ2) is 2.32. The molecule has 0 atom stereocenters. The Kier molecular flexibility index (Phi) is 2.32. The Balaban J connectivity index is 3.75. The van der Waals surface area contributed by atoms with Crippen molar-refractivity contribution >= 4 is 12.6 Å². The summed E-state index contributed by atoms with van der Waals surface area (Å²) in [5, 5.41) is -3.95. The zero-order valence-electron chi connectivity index (χ0n) is 4.04. The molecule has 0 fully saturated rings. The van der Waals surface area contributed by atoms with E-state index in [1.165, 1.54) is 0 Å². The summed E-state index contributed by atoms with van der Waals surface area (Å²) in [6.07, 6.45) is -7.02. The van der Waals surface area contributed by atoms with Gasteiger partial charge < -0.3 is 0 Å². The fraction of sp³-hybridized carbons (Fsp3) is 1.00. The standard InChI is InChI=1S/C3H3F5S/c4-2(5,6)1-3(7,8)9/h9H,1H2. The quantitative estimate of drug-likeness (QED) is 0.449. The van der Waals surface area contributed by atoms with E-state index in [1.54, 1.807) is 0 Å². The van der Waals surface area contributed by atoms with Crippen molar-refractivity contribution in [1.82, 2.24) is 0 Å². The van der Waals surface area contributed by atoms with Gasteiger partial charge in [-0.2, -0.15) is 22.0 Å². The molecule has 56 valence electrons. The third-order valence-corrected chi connectivity index (χ3v) is 0.571. The number of alkyl halides is 5. The van der Waals surface area contributed by atoms with Crippen molar-refractivity contribution in [2.75, 3.05) is 0 Å². The normalized spacial score (nSPS) is 14.0. The first-order valence-corrected chi connectivity index (χ1v) is 2.32. The molecule has 0 aromatic heterocycles. The van der Waals surface area contributed by atoms with Gasteiger partial charge in [-0.15, -0.1) is 12.6 Å². The lowest BCUT2D eigenvalue weighted by Gasteiger charge is -2.10. The van der Waals surface area contributed by atoms with Crippen LogP contribution in [0.3, 0.4) is 0 Å². The Morgan fingerprint density at radius 2 is 1.33 bits per heavy atom. The SMILES string of the molecule is FC(F)(F)CC(F)(F)S. The van der Waals surface area contributed by atoms with E-state index in [9.17, 15) is 22.0 Å².